The zero-order valence-corrected chi connectivity index (χ0v) is 14.8. The van der Waals surface area contributed by atoms with E-state index in [1.165, 1.54) is 0 Å². The molecule has 8 heteroatoms. The summed E-state index contributed by atoms with van der Waals surface area (Å²) in [6.07, 6.45) is 7.58. The number of carbonyl (C=O) groups is 1. The molecule has 1 saturated heterocycles. The molecule has 136 valence electrons. The van der Waals surface area contributed by atoms with E-state index < -0.39 is 0 Å². The van der Waals surface area contributed by atoms with Crippen molar-refractivity contribution >= 4 is 5.91 Å². The lowest BCUT2D eigenvalue weighted by molar-refractivity contribution is -0.123. The molecule has 1 aliphatic rings. The van der Waals surface area contributed by atoms with E-state index in [1.54, 1.807) is 17.2 Å². The van der Waals surface area contributed by atoms with Crippen LogP contribution in [0.25, 0.3) is 0 Å². The number of hydrogen-bond acceptors (Lipinski definition) is 5. The van der Waals surface area contributed by atoms with Crippen LogP contribution in [0.2, 0.25) is 0 Å². The van der Waals surface area contributed by atoms with E-state index in [4.69, 9.17) is 4.74 Å². The normalized spacial score (nSPS) is 21.4. The van der Waals surface area contributed by atoms with Gasteiger partial charge in [0.2, 0.25) is 5.91 Å². The summed E-state index contributed by atoms with van der Waals surface area (Å²) in [5.41, 5.74) is 1.11. The van der Waals surface area contributed by atoms with Crippen molar-refractivity contribution in [3.05, 3.63) is 36.7 Å². The summed E-state index contributed by atoms with van der Waals surface area (Å²) >= 11 is 0. The number of aromatic nitrogens is 4. The number of nitrogens with one attached hydrogen (secondary N) is 1. The number of imidazole rings is 1. The Bertz CT molecular complexity index is 668. The van der Waals surface area contributed by atoms with Crippen molar-refractivity contribution in [2.45, 2.75) is 32.0 Å². The van der Waals surface area contributed by atoms with E-state index in [0.717, 1.165) is 18.8 Å². The van der Waals surface area contributed by atoms with Gasteiger partial charge < -0.3 is 14.6 Å². The Labute approximate surface area is 147 Å². The monoisotopic (exact) mass is 346 g/mol. The van der Waals surface area contributed by atoms with Gasteiger partial charge in [-0.15, -0.1) is 0 Å². The molecule has 25 heavy (non-hydrogen) atoms. The third-order valence-corrected chi connectivity index (χ3v) is 4.65. The lowest BCUT2D eigenvalue weighted by Gasteiger charge is -2.40. The predicted octanol–water partition coefficient (Wildman–Crippen LogP) is 0.585. The molecule has 1 N–H and O–H groups in total. The largest absolute Gasteiger partial charge is 0.373 e. The number of rotatable bonds is 7. The number of hydrogen-bond donors (Lipinski definition) is 1. The average molecular weight is 346 g/mol. The molecular weight excluding hydrogens is 320 g/mol. The van der Waals surface area contributed by atoms with E-state index in [1.807, 2.05) is 30.1 Å². The number of morpholine rings is 1. The second-order valence-electron chi connectivity index (χ2n) is 6.24. The number of ether oxygens (including phenoxy) is 1. The molecule has 8 nitrogen and oxygen atoms in total. The van der Waals surface area contributed by atoms with Crippen LogP contribution in [0.4, 0.5) is 0 Å². The minimum absolute atomic E-state index is 0.0106. The first-order valence-corrected chi connectivity index (χ1v) is 8.75. The van der Waals surface area contributed by atoms with Crippen molar-refractivity contribution in [2.75, 3.05) is 26.2 Å². The van der Waals surface area contributed by atoms with Crippen LogP contribution in [0.3, 0.4) is 0 Å². The van der Waals surface area contributed by atoms with Crippen LogP contribution in [0, 0.1) is 0 Å². The summed E-state index contributed by atoms with van der Waals surface area (Å²) in [5.74, 6) is 0.0106. The summed E-state index contributed by atoms with van der Waals surface area (Å²) in [4.78, 5) is 18.8. The molecule has 0 bridgehead atoms. The fraction of sp³-hybridized carbons (Fsp3) is 0.588. The van der Waals surface area contributed by atoms with Gasteiger partial charge in [-0.25, -0.2) is 4.98 Å². The highest BCUT2D eigenvalue weighted by Crippen LogP contribution is 2.28. The highest BCUT2D eigenvalue weighted by Gasteiger charge is 2.34. The van der Waals surface area contributed by atoms with Gasteiger partial charge >= 0.3 is 0 Å². The topological polar surface area (TPSA) is 77.2 Å². The molecule has 0 unspecified atom stereocenters. The Morgan fingerprint density at radius 3 is 3.04 bits per heavy atom. The van der Waals surface area contributed by atoms with Gasteiger partial charge in [0.15, 0.2) is 0 Å². The van der Waals surface area contributed by atoms with Gasteiger partial charge in [-0.1, -0.05) is 6.92 Å². The van der Waals surface area contributed by atoms with Gasteiger partial charge in [-0.3, -0.25) is 14.4 Å². The van der Waals surface area contributed by atoms with Gasteiger partial charge in [0, 0.05) is 51.7 Å². The lowest BCUT2D eigenvalue weighted by Crippen LogP contribution is -2.50. The molecule has 2 atom stereocenters. The molecule has 0 radical (unpaired) electrons. The second-order valence-corrected chi connectivity index (χ2v) is 6.24. The van der Waals surface area contributed by atoms with Crippen LogP contribution in [-0.4, -0.2) is 62.5 Å². The third-order valence-electron chi connectivity index (χ3n) is 4.65. The van der Waals surface area contributed by atoms with Crippen molar-refractivity contribution in [1.82, 2.24) is 29.5 Å². The van der Waals surface area contributed by atoms with Crippen molar-refractivity contribution < 1.29 is 9.53 Å². The summed E-state index contributed by atoms with van der Waals surface area (Å²) in [5, 5.41) is 7.12. The van der Waals surface area contributed by atoms with E-state index in [-0.39, 0.29) is 18.1 Å². The molecular formula is C17H26N6O2. The summed E-state index contributed by atoms with van der Waals surface area (Å²) in [6, 6.07) is 1.95. The highest BCUT2D eigenvalue weighted by atomic mass is 16.5. The third kappa shape index (κ3) is 4.26. The van der Waals surface area contributed by atoms with E-state index >= 15 is 0 Å². The minimum atomic E-state index is -0.0854. The zero-order chi connectivity index (χ0) is 17.6. The highest BCUT2D eigenvalue weighted by molar-refractivity contribution is 5.75. The first-order chi connectivity index (χ1) is 12.2. The molecule has 0 spiro atoms. The maximum absolute atomic E-state index is 12.2. The molecule has 1 aliphatic heterocycles. The Balaban J connectivity index is 1.59. The molecule has 3 rings (SSSR count). The van der Waals surface area contributed by atoms with Gasteiger partial charge in [-0.2, -0.15) is 5.10 Å². The van der Waals surface area contributed by atoms with Crippen LogP contribution in [0.5, 0.6) is 0 Å². The maximum Gasteiger partial charge on any atom is 0.221 e. The van der Waals surface area contributed by atoms with E-state index in [2.05, 4.69) is 27.2 Å². The Kier molecular flexibility index (Phi) is 5.83. The molecule has 0 aliphatic carbocycles. The molecule has 0 saturated carbocycles. The standard InChI is InChI=1S/C17H26N6O2/c1-3-22-9-10-25-15(17(22)14-11-18-13-21(14)2)12-19-16(24)5-8-23-7-4-6-20-23/h4,6-7,11,13,15,17H,3,5,8-10,12H2,1-2H3,(H,19,24)/t15-,17-/m0/s1. The number of likely N-dealkylation sites (N-methyl/N-ethyl adjacent to an activating group) is 1. The molecule has 2 aromatic rings. The van der Waals surface area contributed by atoms with Crippen LogP contribution >= 0.6 is 0 Å². The van der Waals surface area contributed by atoms with Crippen LogP contribution in [0.1, 0.15) is 25.1 Å². The first-order valence-electron chi connectivity index (χ1n) is 8.75. The molecule has 1 amide bonds. The van der Waals surface area contributed by atoms with Crippen molar-refractivity contribution in [2.24, 2.45) is 7.05 Å². The smallest absolute Gasteiger partial charge is 0.221 e. The van der Waals surface area contributed by atoms with E-state index in [9.17, 15) is 4.79 Å². The fourth-order valence-electron chi connectivity index (χ4n) is 3.29. The van der Waals surface area contributed by atoms with Crippen molar-refractivity contribution in [1.29, 1.82) is 0 Å². The Hall–Kier alpha value is -2.19. The van der Waals surface area contributed by atoms with Crippen LogP contribution < -0.4 is 5.32 Å². The number of aryl methyl sites for hydroxylation is 2. The summed E-state index contributed by atoms with van der Waals surface area (Å²) in [7, 11) is 1.99. The number of carbonyl (C=O) groups excluding carboxylic acids is 1. The first kappa shape index (κ1) is 17.6. The number of nitrogens with zero attached hydrogens (tertiary/aromatic N) is 5. The van der Waals surface area contributed by atoms with Crippen LogP contribution in [-0.2, 0) is 23.1 Å². The summed E-state index contributed by atoms with van der Waals surface area (Å²) < 4.78 is 9.77. The quantitative estimate of drug-likeness (QED) is 0.794. The minimum Gasteiger partial charge on any atom is -0.373 e. The second kappa shape index (κ2) is 8.26. The fourth-order valence-corrected chi connectivity index (χ4v) is 3.29. The SMILES string of the molecule is CCN1CCO[C@@H](CNC(=O)CCn2cccn2)[C@@H]1c1cncn1C. The lowest BCUT2D eigenvalue weighted by atomic mass is 10.0. The zero-order valence-electron chi connectivity index (χ0n) is 14.8. The maximum atomic E-state index is 12.2. The Morgan fingerprint density at radius 2 is 2.36 bits per heavy atom. The number of amides is 1. The molecule has 0 aromatic carbocycles. The predicted molar refractivity (Wildman–Crippen MR) is 92.8 cm³/mol. The van der Waals surface area contributed by atoms with Gasteiger partial charge in [0.1, 0.15) is 0 Å². The van der Waals surface area contributed by atoms with Gasteiger partial charge in [-0.05, 0) is 12.6 Å². The van der Waals surface area contributed by atoms with E-state index in [0.29, 0.717) is 26.1 Å². The molecule has 2 aromatic heterocycles. The molecule has 3 heterocycles. The van der Waals surface area contributed by atoms with Crippen molar-refractivity contribution in [3.8, 4) is 0 Å². The van der Waals surface area contributed by atoms with Crippen molar-refractivity contribution in [3.63, 3.8) is 0 Å². The van der Waals surface area contributed by atoms with Crippen LogP contribution in [0.15, 0.2) is 31.0 Å². The molecule has 1 fully saturated rings. The summed E-state index contributed by atoms with van der Waals surface area (Å²) in [6.45, 7) is 5.71. The average Bonchev–Trinajstić information content (AvgIpc) is 3.29. The van der Waals surface area contributed by atoms with Gasteiger partial charge in [0.25, 0.3) is 0 Å². The van der Waals surface area contributed by atoms with Gasteiger partial charge in [0.05, 0.1) is 30.8 Å². The Morgan fingerprint density at radius 1 is 1.48 bits per heavy atom.